The van der Waals surface area contributed by atoms with E-state index in [1.165, 1.54) is 12.8 Å². The summed E-state index contributed by atoms with van der Waals surface area (Å²) >= 11 is 4.90. The maximum absolute atomic E-state index is 11.8. The number of rotatable bonds is 5. The van der Waals surface area contributed by atoms with Crippen molar-refractivity contribution in [2.45, 2.75) is 31.8 Å². The lowest BCUT2D eigenvalue weighted by molar-refractivity contribution is -0.122. The van der Waals surface area contributed by atoms with Gasteiger partial charge >= 0.3 is 0 Å². The molecule has 1 aromatic carbocycles. The molecule has 1 amide bonds. The Morgan fingerprint density at radius 1 is 1.42 bits per heavy atom. The zero-order chi connectivity index (χ0) is 13.7. The number of benzene rings is 1. The van der Waals surface area contributed by atoms with E-state index in [4.69, 9.17) is 22.7 Å². The van der Waals surface area contributed by atoms with Crippen LogP contribution in [0.3, 0.4) is 0 Å². The molecule has 0 spiro atoms. The number of nitrogens with one attached hydrogen (secondary N) is 1. The van der Waals surface area contributed by atoms with E-state index in [0.717, 1.165) is 18.4 Å². The molecule has 0 unspecified atom stereocenters. The number of carbonyl (C=O) groups excluding carboxylic acids is 1. The van der Waals surface area contributed by atoms with Crippen LogP contribution in [0.15, 0.2) is 24.3 Å². The Labute approximate surface area is 118 Å². The average Bonchev–Trinajstić information content (AvgIpc) is 2.90. The van der Waals surface area contributed by atoms with Crippen LogP contribution in [0.5, 0.6) is 0 Å². The van der Waals surface area contributed by atoms with Crippen LogP contribution in [0, 0.1) is 0 Å². The van der Waals surface area contributed by atoms with Gasteiger partial charge in [-0.15, -0.1) is 0 Å². The van der Waals surface area contributed by atoms with Crippen LogP contribution in [-0.2, 0) is 9.53 Å². The Bertz CT molecular complexity index is 470. The fourth-order valence-corrected chi connectivity index (χ4v) is 2.32. The Balaban J connectivity index is 1.84. The minimum Gasteiger partial charge on any atom is -0.389 e. The number of nitrogens with two attached hydrogens (primary N) is 1. The van der Waals surface area contributed by atoms with Gasteiger partial charge in [0.05, 0.1) is 6.10 Å². The molecule has 0 aliphatic heterocycles. The predicted octanol–water partition coefficient (Wildman–Crippen LogP) is 2.22. The average molecular weight is 278 g/mol. The molecule has 0 aromatic heterocycles. The van der Waals surface area contributed by atoms with Crippen molar-refractivity contribution in [1.29, 1.82) is 0 Å². The molecule has 1 saturated carbocycles. The Kier molecular flexibility index (Phi) is 4.87. The maximum Gasteiger partial charge on any atom is 0.250 e. The van der Waals surface area contributed by atoms with Crippen molar-refractivity contribution < 1.29 is 9.53 Å². The summed E-state index contributed by atoms with van der Waals surface area (Å²) in [5.74, 6) is -0.146. The molecule has 0 bridgehead atoms. The lowest BCUT2D eigenvalue weighted by Crippen LogP contribution is -2.22. The predicted molar refractivity (Wildman–Crippen MR) is 79.2 cm³/mol. The van der Waals surface area contributed by atoms with Crippen LogP contribution < -0.4 is 11.1 Å². The molecule has 5 heteroatoms. The maximum atomic E-state index is 11.8. The molecule has 3 N–H and O–H groups in total. The van der Waals surface area contributed by atoms with Gasteiger partial charge in [-0.3, -0.25) is 4.79 Å². The van der Waals surface area contributed by atoms with E-state index >= 15 is 0 Å². The summed E-state index contributed by atoms with van der Waals surface area (Å²) in [4.78, 5) is 12.1. The Hall–Kier alpha value is -1.46. The fourth-order valence-electron chi connectivity index (χ4n) is 2.20. The van der Waals surface area contributed by atoms with Gasteiger partial charge in [0.15, 0.2) is 0 Å². The molecule has 0 atom stereocenters. The minimum atomic E-state index is -0.146. The van der Waals surface area contributed by atoms with Gasteiger partial charge in [0.25, 0.3) is 0 Å². The van der Waals surface area contributed by atoms with E-state index in [1.807, 2.05) is 12.1 Å². The van der Waals surface area contributed by atoms with Crippen LogP contribution in [0.1, 0.15) is 31.2 Å². The molecule has 1 aromatic rings. The van der Waals surface area contributed by atoms with Gasteiger partial charge in [-0.25, -0.2) is 0 Å². The SMILES string of the molecule is NC(=S)c1cccc(NC(=O)COC2CCCC2)c1. The number of hydrogen-bond donors (Lipinski definition) is 2. The van der Waals surface area contributed by atoms with E-state index in [1.54, 1.807) is 12.1 Å². The normalized spacial score (nSPS) is 15.4. The van der Waals surface area contributed by atoms with E-state index in [0.29, 0.717) is 10.7 Å². The van der Waals surface area contributed by atoms with Crippen molar-refractivity contribution in [1.82, 2.24) is 0 Å². The van der Waals surface area contributed by atoms with Crippen LogP contribution in [0.2, 0.25) is 0 Å². The van der Waals surface area contributed by atoms with Gasteiger partial charge in [-0.05, 0) is 25.0 Å². The summed E-state index contributed by atoms with van der Waals surface area (Å²) in [7, 11) is 0. The van der Waals surface area contributed by atoms with Crippen molar-refractivity contribution >= 4 is 28.8 Å². The summed E-state index contributed by atoms with van der Waals surface area (Å²) in [6.45, 7) is 0.0992. The molecule has 0 saturated heterocycles. The first-order chi connectivity index (χ1) is 9.15. The Morgan fingerprint density at radius 3 is 2.84 bits per heavy atom. The second-order valence-corrected chi connectivity index (χ2v) is 5.15. The van der Waals surface area contributed by atoms with E-state index in [9.17, 15) is 4.79 Å². The molecule has 19 heavy (non-hydrogen) atoms. The highest BCUT2D eigenvalue weighted by atomic mass is 32.1. The van der Waals surface area contributed by atoms with Gasteiger partial charge in [0.2, 0.25) is 5.91 Å². The molecular weight excluding hydrogens is 260 g/mol. The lowest BCUT2D eigenvalue weighted by atomic mass is 10.2. The van der Waals surface area contributed by atoms with Gasteiger partial charge < -0.3 is 15.8 Å². The smallest absolute Gasteiger partial charge is 0.250 e. The van der Waals surface area contributed by atoms with E-state index in [-0.39, 0.29) is 18.6 Å². The molecule has 1 fully saturated rings. The fraction of sp³-hybridized carbons (Fsp3) is 0.429. The third-order valence-electron chi connectivity index (χ3n) is 3.18. The highest BCUT2D eigenvalue weighted by Gasteiger charge is 2.16. The highest BCUT2D eigenvalue weighted by molar-refractivity contribution is 7.80. The third-order valence-corrected chi connectivity index (χ3v) is 3.42. The molecule has 4 nitrogen and oxygen atoms in total. The van der Waals surface area contributed by atoms with Crippen molar-refractivity contribution in [3.05, 3.63) is 29.8 Å². The van der Waals surface area contributed by atoms with Gasteiger partial charge in [-0.1, -0.05) is 37.2 Å². The van der Waals surface area contributed by atoms with Crippen molar-refractivity contribution in [2.24, 2.45) is 5.73 Å². The first-order valence-electron chi connectivity index (χ1n) is 6.46. The quantitative estimate of drug-likeness (QED) is 0.811. The molecule has 0 heterocycles. The largest absolute Gasteiger partial charge is 0.389 e. The highest BCUT2D eigenvalue weighted by Crippen LogP contribution is 2.20. The van der Waals surface area contributed by atoms with Crippen molar-refractivity contribution in [2.75, 3.05) is 11.9 Å². The molecule has 2 rings (SSSR count). The number of hydrogen-bond acceptors (Lipinski definition) is 3. The summed E-state index contributed by atoms with van der Waals surface area (Å²) in [6, 6.07) is 7.18. The lowest BCUT2D eigenvalue weighted by Gasteiger charge is -2.11. The van der Waals surface area contributed by atoms with Crippen LogP contribution in [-0.4, -0.2) is 23.6 Å². The summed E-state index contributed by atoms with van der Waals surface area (Å²) < 4.78 is 5.55. The van der Waals surface area contributed by atoms with Crippen LogP contribution in [0.4, 0.5) is 5.69 Å². The summed E-state index contributed by atoms with van der Waals surface area (Å²) in [5, 5.41) is 2.78. The first kappa shape index (κ1) is 14.0. The Morgan fingerprint density at radius 2 is 2.16 bits per heavy atom. The van der Waals surface area contributed by atoms with Crippen molar-refractivity contribution in [3.63, 3.8) is 0 Å². The monoisotopic (exact) mass is 278 g/mol. The number of thiocarbonyl (C=S) groups is 1. The van der Waals surface area contributed by atoms with Gasteiger partial charge in [0.1, 0.15) is 11.6 Å². The second kappa shape index (κ2) is 6.63. The number of ether oxygens (including phenoxy) is 1. The summed E-state index contributed by atoms with van der Waals surface area (Å²) in [6.07, 6.45) is 4.76. The van der Waals surface area contributed by atoms with Crippen molar-refractivity contribution in [3.8, 4) is 0 Å². The number of carbonyl (C=O) groups is 1. The van der Waals surface area contributed by atoms with E-state index < -0.39 is 0 Å². The number of amides is 1. The minimum absolute atomic E-state index is 0.0992. The molecule has 0 radical (unpaired) electrons. The van der Waals surface area contributed by atoms with Crippen LogP contribution >= 0.6 is 12.2 Å². The molecular formula is C14H18N2O2S. The van der Waals surface area contributed by atoms with E-state index in [2.05, 4.69) is 5.32 Å². The van der Waals surface area contributed by atoms with Crippen LogP contribution in [0.25, 0.3) is 0 Å². The first-order valence-corrected chi connectivity index (χ1v) is 6.87. The molecule has 1 aliphatic rings. The van der Waals surface area contributed by atoms with Gasteiger partial charge in [0, 0.05) is 11.3 Å². The topological polar surface area (TPSA) is 64.3 Å². The zero-order valence-electron chi connectivity index (χ0n) is 10.7. The summed E-state index contributed by atoms with van der Waals surface area (Å²) in [5.41, 5.74) is 6.97. The molecule has 1 aliphatic carbocycles. The third kappa shape index (κ3) is 4.29. The zero-order valence-corrected chi connectivity index (χ0v) is 11.5. The second-order valence-electron chi connectivity index (χ2n) is 4.71. The standard InChI is InChI=1S/C14H18N2O2S/c15-14(19)10-4-3-5-11(8-10)16-13(17)9-18-12-6-1-2-7-12/h3-5,8,12H,1-2,6-7,9H2,(H2,15,19)(H,16,17). The molecule has 102 valence electrons. The number of anilines is 1. The van der Waals surface area contributed by atoms with Gasteiger partial charge in [-0.2, -0.15) is 0 Å².